The molecule has 0 aliphatic rings. The van der Waals surface area contributed by atoms with Crippen molar-refractivity contribution in [2.45, 2.75) is 13.3 Å². The second kappa shape index (κ2) is 6.25. The lowest BCUT2D eigenvalue weighted by Gasteiger charge is -1.95. The summed E-state index contributed by atoms with van der Waals surface area (Å²) in [6.45, 7) is 2.05. The van der Waals surface area contributed by atoms with Gasteiger partial charge in [-0.3, -0.25) is 4.79 Å². The summed E-state index contributed by atoms with van der Waals surface area (Å²) in [5, 5.41) is 8.34. The van der Waals surface area contributed by atoms with E-state index in [2.05, 4.69) is 4.74 Å². The lowest BCUT2D eigenvalue weighted by atomic mass is 10.5. The normalized spacial score (nSPS) is 10.9. The van der Waals surface area contributed by atoms with Crippen LogP contribution in [-0.2, 0) is 14.1 Å². The molecule has 64 valence electrons. The van der Waals surface area contributed by atoms with Gasteiger partial charge in [0, 0.05) is 0 Å². The average molecular weight is 179 g/mol. The number of aliphatic hydroxyl groups is 1. The van der Waals surface area contributed by atoms with Crippen LogP contribution in [0.4, 0.5) is 0 Å². The number of esters is 1. The van der Waals surface area contributed by atoms with Crippen LogP contribution in [0.15, 0.2) is 0 Å². The van der Waals surface area contributed by atoms with Crippen LogP contribution in [0.3, 0.4) is 0 Å². The molecular formula is C6H12O4P+. The summed E-state index contributed by atoms with van der Waals surface area (Å²) >= 11 is 0. The van der Waals surface area contributed by atoms with Gasteiger partial charge < -0.3 is 9.84 Å². The molecule has 0 saturated carbocycles. The minimum atomic E-state index is -1.62. The van der Waals surface area contributed by atoms with Gasteiger partial charge in [-0.1, -0.05) is 4.57 Å². The number of aliphatic hydroxyl groups excluding tert-OH is 1. The van der Waals surface area contributed by atoms with Gasteiger partial charge in [0.15, 0.2) is 6.16 Å². The molecule has 0 saturated heterocycles. The fourth-order valence-electron chi connectivity index (χ4n) is 0.520. The van der Waals surface area contributed by atoms with Crippen molar-refractivity contribution in [3.63, 3.8) is 0 Å². The predicted molar refractivity (Wildman–Crippen MR) is 40.8 cm³/mol. The summed E-state index contributed by atoms with van der Waals surface area (Å²) in [6, 6.07) is 0. The van der Waals surface area contributed by atoms with Gasteiger partial charge in [-0.2, -0.15) is 0 Å². The highest BCUT2D eigenvalue weighted by atomic mass is 31.1. The first-order chi connectivity index (χ1) is 5.20. The molecule has 0 aromatic rings. The SMILES string of the molecule is CCOC(=O)CC[P+](=O)CO. The minimum Gasteiger partial charge on any atom is -0.466 e. The summed E-state index contributed by atoms with van der Waals surface area (Å²) in [5.41, 5.74) is 0. The van der Waals surface area contributed by atoms with Gasteiger partial charge >= 0.3 is 13.8 Å². The molecule has 1 N–H and O–H groups in total. The van der Waals surface area contributed by atoms with Gasteiger partial charge in [0.25, 0.3) is 0 Å². The third-order valence-electron chi connectivity index (χ3n) is 1.03. The van der Waals surface area contributed by atoms with Gasteiger partial charge in [0.2, 0.25) is 6.35 Å². The standard InChI is InChI=1S/C6H12O4P/c1-2-10-6(8)3-4-11(9)5-7/h7H,2-5H2,1H3/q+1. The maximum atomic E-state index is 10.6. The molecule has 0 heterocycles. The van der Waals surface area contributed by atoms with Crippen molar-refractivity contribution in [3.05, 3.63) is 0 Å². The van der Waals surface area contributed by atoms with Crippen LogP contribution in [0.25, 0.3) is 0 Å². The summed E-state index contributed by atoms with van der Waals surface area (Å²) in [5.74, 6) is -0.357. The number of carbonyl (C=O) groups excluding carboxylic acids is 1. The zero-order valence-corrected chi connectivity index (χ0v) is 7.34. The van der Waals surface area contributed by atoms with Crippen molar-refractivity contribution in [2.24, 2.45) is 0 Å². The van der Waals surface area contributed by atoms with Crippen LogP contribution in [-0.4, -0.2) is 30.2 Å². The van der Waals surface area contributed by atoms with Crippen molar-refractivity contribution in [1.29, 1.82) is 0 Å². The van der Waals surface area contributed by atoms with Gasteiger partial charge in [0.05, 0.1) is 13.0 Å². The molecule has 0 aliphatic heterocycles. The highest BCUT2D eigenvalue weighted by molar-refractivity contribution is 7.44. The van der Waals surface area contributed by atoms with Crippen LogP contribution in [0.2, 0.25) is 0 Å². The highest BCUT2D eigenvalue weighted by Gasteiger charge is 2.15. The Morgan fingerprint density at radius 2 is 2.27 bits per heavy atom. The Kier molecular flexibility index (Phi) is 5.99. The molecule has 1 atom stereocenters. The maximum Gasteiger partial charge on any atom is 0.367 e. The van der Waals surface area contributed by atoms with E-state index in [1.807, 2.05) is 0 Å². The summed E-state index contributed by atoms with van der Waals surface area (Å²) in [4.78, 5) is 10.6. The number of hydrogen-bond acceptors (Lipinski definition) is 4. The molecule has 0 aromatic heterocycles. The van der Waals surface area contributed by atoms with Gasteiger partial charge in [-0.15, -0.1) is 0 Å². The predicted octanol–water partition coefficient (Wildman–Crippen LogP) is 0.717. The zero-order chi connectivity index (χ0) is 8.69. The summed E-state index contributed by atoms with van der Waals surface area (Å²) in [7, 11) is -1.62. The van der Waals surface area contributed by atoms with E-state index in [0.717, 1.165) is 0 Å². The molecule has 1 unspecified atom stereocenters. The molecule has 0 radical (unpaired) electrons. The van der Waals surface area contributed by atoms with E-state index in [0.29, 0.717) is 6.61 Å². The molecule has 0 bridgehead atoms. The Labute approximate surface area is 66.3 Å². The molecule has 4 nitrogen and oxygen atoms in total. The molecule has 11 heavy (non-hydrogen) atoms. The molecule has 5 heteroatoms. The van der Waals surface area contributed by atoms with Crippen LogP contribution in [0.1, 0.15) is 13.3 Å². The van der Waals surface area contributed by atoms with E-state index in [-0.39, 0.29) is 24.9 Å². The number of rotatable bonds is 5. The monoisotopic (exact) mass is 179 g/mol. The highest BCUT2D eigenvalue weighted by Crippen LogP contribution is 2.18. The van der Waals surface area contributed by atoms with E-state index in [4.69, 9.17) is 5.11 Å². The van der Waals surface area contributed by atoms with Gasteiger partial charge in [0.1, 0.15) is 0 Å². The van der Waals surface area contributed by atoms with Crippen LogP contribution in [0, 0.1) is 0 Å². The molecule has 0 aliphatic carbocycles. The molecule has 0 amide bonds. The van der Waals surface area contributed by atoms with Gasteiger partial charge in [-0.25, -0.2) is 0 Å². The topological polar surface area (TPSA) is 63.6 Å². The second-order valence-electron chi connectivity index (χ2n) is 1.90. The van der Waals surface area contributed by atoms with E-state index < -0.39 is 7.80 Å². The van der Waals surface area contributed by atoms with Crippen molar-refractivity contribution >= 4 is 13.8 Å². The quantitative estimate of drug-likeness (QED) is 0.498. The lowest BCUT2D eigenvalue weighted by molar-refractivity contribution is -0.142. The first kappa shape index (κ1) is 10.5. The smallest absolute Gasteiger partial charge is 0.367 e. The molecule has 0 rings (SSSR count). The Morgan fingerprint density at radius 1 is 1.64 bits per heavy atom. The first-order valence-electron chi connectivity index (χ1n) is 3.39. The van der Waals surface area contributed by atoms with Gasteiger partial charge in [-0.05, 0) is 6.92 Å². The minimum absolute atomic E-state index is 0.129. The number of carbonyl (C=O) groups is 1. The Morgan fingerprint density at radius 3 is 2.73 bits per heavy atom. The van der Waals surface area contributed by atoms with E-state index in [9.17, 15) is 9.36 Å². The molecule has 0 fully saturated rings. The number of ether oxygens (including phenoxy) is 1. The fourth-order valence-corrected chi connectivity index (χ4v) is 1.09. The van der Waals surface area contributed by atoms with Crippen molar-refractivity contribution < 1.29 is 19.2 Å². The number of hydrogen-bond donors (Lipinski definition) is 1. The van der Waals surface area contributed by atoms with Crippen LogP contribution in [0.5, 0.6) is 0 Å². The van der Waals surface area contributed by atoms with Crippen molar-refractivity contribution in [2.75, 3.05) is 19.1 Å². The largest absolute Gasteiger partial charge is 0.466 e. The lowest BCUT2D eigenvalue weighted by Crippen LogP contribution is -2.04. The fraction of sp³-hybridized carbons (Fsp3) is 0.833. The van der Waals surface area contributed by atoms with Crippen LogP contribution < -0.4 is 0 Å². The van der Waals surface area contributed by atoms with Crippen LogP contribution >= 0.6 is 7.80 Å². The zero-order valence-electron chi connectivity index (χ0n) is 6.45. The summed E-state index contributed by atoms with van der Waals surface area (Å²) in [6.07, 6.45) is -0.0109. The Hall–Kier alpha value is -0.470. The third-order valence-corrected chi connectivity index (χ3v) is 2.07. The second-order valence-corrected chi connectivity index (χ2v) is 3.60. The molecule has 0 aromatic carbocycles. The Bertz CT molecular complexity index is 146. The van der Waals surface area contributed by atoms with E-state index in [1.54, 1.807) is 6.92 Å². The Balaban J connectivity index is 3.38. The average Bonchev–Trinajstić information content (AvgIpc) is 2.01. The van der Waals surface area contributed by atoms with Crippen molar-refractivity contribution in [1.82, 2.24) is 0 Å². The maximum absolute atomic E-state index is 10.6. The third kappa shape index (κ3) is 5.95. The van der Waals surface area contributed by atoms with Crippen molar-refractivity contribution in [3.8, 4) is 0 Å². The molecule has 0 spiro atoms. The summed E-state index contributed by atoms with van der Waals surface area (Å²) < 4.78 is 15.2. The van der Waals surface area contributed by atoms with E-state index >= 15 is 0 Å². The van der Waals surface area contributed by atoms with E-state index in [1.165, 1.54) is 0 Å². The molecular weight excluding hydrogens is 167 g/mol. The first-order valence-corrected chi connectivity index (χ1v) is 5.02.